The molecule has 114 valence electrons. The number of carboxylic acid groups (broad SMARTS) is 1. The van der Waals surface area contributed by atoms with E-state index in [1.165, 1.54) is 12.8 Å². The number of nitrogens with one attached hydrogen (secondary N) is 1. The van der Waals surface area contributed by atoms with Crippen molar-refractivity contribution in [2.24, 2.45) is 11.8 Å². The van der Waals surface area contributed by atoms with E-state index in [1.54, 1.807) is 11.8 Å². The Kier molecular flexibility index (Phi) is 5.18. The highest BCUT2D eigenvalue weighted by molar-refractivity contribution is 7.99. The molecule has 0 spiro atoms. The Labute approximate surface area is 124 Å². The zero-order valence-electron chi connectivity index (χ0n) is 12.2. The van der Waals surface area contributed by atoms with Gasteiger partial charge in [-0.15, -0.1) is 0 Å². The summed E-state index contributed by atoms with van der Waals surface area (Å²) in [5, 5.41) is 12.8. The molecule has 2 amide bonds. The largest absolute Gasteiger partial charge is 0.481 e. The highest BCUT2D eigenvalue weighted by atomic mass is 32.2. The number of thioether (sulfide) groups is 1. The van der Waals surface area contributed by atoms with Crippen LogP contribution in [0.1, 0.15) is 32.6 Å². The van der Waals surface area contributed by atoms with Crippen LogP contribution in [0, 0.1) is 11.8 Å². The second kappa shape index (κ2) is 6.70. The third kappa shape index (κ3) is 3.59. The summed E-state index contributed by atoms with van der Waals surface area (Å²) in [5.74, 6) is -1.04. The number of aliphatic carboxylic acids is 1. The van der Waals surface area contributed by atoms with Gasteiger partial charge < -0.3 is 15.3 Å². The summed E-state index contributed by atoms with van der Waals surface area (Å²) in [6, 6.07) is 0.272. The first-order valence-corrected chi connectivity index (χ1v) is 8.61. The van der Waals surface area contributed by atoms with Crippen molar-refractivity contribution in [2.45, 2.75) is 43.9 Å². The predicted octanol–water partition coefficient (Wildman–Crippen LogP) is 2.02. The average molecular weight is 300 g/mol. The zero-order valence-corrected chi connectivity index (χ0v) is 13.0. The van der Waals surface area contributed by atoms with Crippen LogP contribution in [0.2, 0.25) is 0 Å². The van der Waals surface area contributed by atoms with E-state index in [-0.39, 0.29) is 17.9 Å². The van der Waals surface area contributed by atoms with Crippen molar-refractivity contribution < 1.29 is 14.7 Å². The SMILES string of the molecule is CSC1CCC(NC(=O)N2CC(C(C)C(=O)O)C2)CC1. The molecule has 1 atom stereocenters. The van der Waals surface area contributed by atoms with Crippen LogP contribution in [-0.2, 0) is 4.79 Å². The maximum Gasteiger partial charge on any atom is 0.317 e. The Morgan fingerprint density at radius 2 is 1.85 bits per heavy atom. The summed E-state index contributed by atoms with van der Waals surface area (Å²) < 4.78 is 0. The number of nitrogens with zero attached hydrogens (tertiary/aromatic N) is 1. The molecule has 1 aliphatic carbocycles. The number of carboxylic acids is 1. The van der Waals surface area contributed by atoms with Gasteiger partial charge in [-0.25, -0.2) is 4.79 Å². The number of hydrogen-bond acceptors (Lipinski definition) is 3. The minimum Gasteiger partial charge on any atom is -0.481 e. The highest BCUT2D eigenvalue weighted by Gasteiger charge is 2.37. The minimum atomic E-state index is -0.773. The van der Waals surface area contributed by atoms with Crippen LogP contribution in [0.3, 0.4) is 0 Å². The van der Waals surface area contributed by atoms with Crippen molar-refractivity contribution in [1.29, 1.82) is 0 Å². The number of carbonyl (C=O) groups is 2. The Morgan fingerprint density at radius 1 is 1.25 bits per heavy atom. The number of amides is 2. The van der Waals surface area contributed by atoms with Gasteiger partial charge in [0.2, 0.25) is 0 Å². The average Bonchev–Trinajstić information content (AvgIpc) is 2.37. The van der Waals surface area contributed by atoms with Crippen LogP contribution in [0.25, 0.3) is 0 Å². The fraction of sp³-hybridized carbons (Fsp3) is 0.857. The maximum atomic E-state index is 12.0. The van der Waals surface area contributed by atoms with Gasteiger partial charge in [0, 0.05) is 30.3 Å². The predicted molar refractivity (Wildman–Crippen MR) is 80.0 cm³/mol. The van der Waals surface area contributed by atoms with Crippen LogP contribution in [0.4, 0.5) is 4.79 Å². The molecule has 20 heavy (non-hydrogen) atoms. The van der Waals surface area contributed by atoms with Gasteiger partial charge >= 0.3 is 12.0 Å². The third-order valence-corrected chi connectivity index (χ3v) is 5.77. The van der Waals surface area contributed by atoms with Gasteiger partial charge in [-0.3, -0.25) is 4.79 Å². The van der Waals surface area contributed by atoms with Crippen LogP contribution in [0.5, 0.6) is 0 Å². The standard InChI is InChI=1S/C14H24N2O3S/c1-9(13(17)18)10-7-16(8-10)14(19)15-11-3-5-12(20-2)6-4-11/h9-12H,3-8H2,1-2H3,(H,15,19)(H,17,18). The summed E-state index contributed by atoms with van der Waals surface area (Å²) >= 11 is 1.92. The summed E-state index contributed by atoms with van der Waals surface area (Å²) in [5.41, 5.74) is 0. The lowest BCUT2D eigenvalue weighted by molar-refractivity contribution is -0.144. The van der Waals surface area contributed by atoms with Crippen LogP contribution >= 0.6 is 11.8 Å². The lowest BCUT2D eigenvalue weighted by atomic mass is 9.87. The van der Waals surface area contributed by atoms with Gasteiger partial charge in [0.25, 0.3) is 0 Å². The van der Waals surface area contributed by atoms with E-state index >= 15 is 0 Å². The smallest absolute Gasteiger partial charge is 0.317 e. The number of urea groups is 1. The summed E-state index contributed by atoms with van der Waals surface area (Å²) in [6.07, 6.45) is 6.60. The molecule has 1 heterocycles. The van der Waals surface area contributed by atoms with Crippen LogP contribution < -0.4 is 5.32 Å². The van der Waals surface area contributed by atoms with Crippen LogP contribution in [0.15, 0.2) is 0 Å². The Balaban J connectivity index is 1.69. The molecule has 1 saturated heterocycles. The van der Waals surface area contributed by atoms with Gasteiger partial charge in [-0.05, 0) is 31.9 Å². The minimum absolute atomic E-state index is 0.0218. The van der Waals surface area contributed by atoms with Gasteiger partial charge in [-0.1, -0.05) is 6.92 Å². The fourth-order valence-electron chi connectivity index (χ4n) is 2.91. The summed E-state index contributed by atoms with van der Waals surface area (Å²) in [7, 11) is 0. The molecule has 2 fully saturated rings. The topological polar surface area (TPSA) is 69.6 Å². The Hall–Kier alpha value is -0.910. The Morgan fingerprint density at radius 3 is 2.35 bits per heavy atom. The number of hydrogen-bond donors (Lipinski definition) is 2. The second-order valence-electron chi connectivity index (χ2n) is 5.95. The normalized spacial score (nSPS) is 28.6. The molecule has 5 nitrogen and oxygen atoms in total. The van der Waals surface area contributed by atoms with E-state index in [4.69, 9.17) is 5.11 Å². The molecule has 1 saturated carbocycles. The number of carbonyl (C=O) groups excluding carboxylic acids is 1. The first kappa shape index (κ1) is 15.5. The number of rotatable bonds is 4. The lowest BCUT2D eigenvalue weighted by Gasteiger charge is -2.42. The molecular weight excluding hydrogens is 276 g/mol. The van der Waals surface area contributed by atoms with Crippen molar-refractivity contribution in [3.63, 3.8) is 0 Å². The molecule has 0 radical (unpaired) electrons. The van der Waals surface area contributed by atoms with Crippen molar-refractivity contribution in [2.75, 3.05) is 19.3 Å². The second-order valence-corrected chi connectivity index (χ2v) is 7.09. The summed E-state index contributed by atoms with van der Waals surface area (Å²) in [6.45, 7) is 2.85. The van der Waals surface area contributed by atoms with Crippen molar-refractivity contribution in [1.82, 2.24) is 10.2 Å². The molecule has 2 rings (SSSR count). The van der Waals surface area contributed by atoms with Crippen molar-refractivity contribution in [3.8, 4) is 0 Å². The molecule has 1 aliphatic heterocycles. The molecule has 0 aromatic carbocycles. The quantitative estimate of drug-likeness (QED) is 0.833. The van der Waals surface area contributed by atoms with E-state index in [2.05, 4.69) is 11.6 Å². The molecule has 1 unspecified atom stereocenters. The fourth-order valence-corrected chi connectivity index (χ4v) is 3.65. The van der Waals surface area contributed by atoms with Gasteiger partial charge in [-0.2, -0.15) is 11.8 Å². The molecule has 0 aromatic rings. The molecule has 6 heteroatoms. The van der Waals surface area contributed by atoms with Crippen molar-refractivity contribution in [3.05, 3.63) is 0 Å². The van der Waals surface area contributed by atoms with Gasteiger partial charge in [0.05, 0.1) is 5.92 Å². The first-order chi connectivity index (χ1) is 9.51. The number of likely N-dealkylation sites (tertiary alicyclic amines) is 1. The van der Waals surface area contributed by atoms with Crippen LogP contribution in [-0.4, -0.2) is 52.6 Å². The van der Waals surface area contributed by atoms with E-state index < -0.39 is 5.97 Å². The van der Waals surface area contributed by atoms with Crippen molar-refractivity contribution >= 4 is 23.8 Å². The molecular formula is C14H24N2O3S. The molecule has 2 N–H and O–H groups in total. The third-order valence-electron chi connectivity index (χ3n) is 4.63. The monoisotopic (exact) mass is 300 g/mol. The van der Waals surface area contributed by atoms with E-state index in [0.717, 1.165) is 18.1 Å². The molecule has 0 aromatic heterocycles. The van der Waals surface area contributed by atoms with E-state index in [0.29, 0.717) is 19.1 Å². The lowest BCUT2D eigenvalue weighted by Crippen LogP contribution is -2.58. The van der Waals surface area contributed by atoms with E-state index in [9.17, 15) is 9.59 Å². The van der Waals surface area contributed by atoms with Gasteiger partial charge in [0.15, 0.2) is 0 Å². The zero-order chi connectivity index (χ0) is 14.7. The Bertz CT molecular complexity index is 363. The molecule has 2 aliphatic rings. The van der Waals surface area contributed by atoms with E-state index in [1.807, 2.05) is 11.8 Å². The highest BCUT2D eigenvalue weighted by Crippen LogP contribution is 2.28. The maximum absolute atomic E-state index is 12.0. The molecule has 0 bridgehead atoms. The first-order valence-electron chi connectivity index (χ1n) is 7.32. The summed E-state index contributed by atoms with van der Waals surface area (Å²) in [4.78, 5) is 24.6. The van der Waals surface area contributed by atoms with Gasteiger partial charge in [0.1, 0.15) is 0 Å².